The summed E-state index contributed by atoms with van der Waals surface area (Å²) in [4.78, 5) is 27.5. The molecule has 198 valence electrons. The van der Waals surface area contributed by atoms with Crippen LogP contribution in [0.1, 0.15) is 60.9 Å². The number of benzene rings is 2. The minimum absolute atomic E-state index is 0.0791. The zero-order valence-corrected chi connectivity index (χ0v) is 20.4. The molecule has 1 saturated heterocycles. The van der Waals surface area contributed by atoms with Crippen LogP contribution in [0.25, 0.3) is 0 Å². The molecule has 0 aromatic heterocycles. The second kappa shape index (κ2) is 10.8. The predicted molar refractivity (Wildman–Crippen MR) is 129 cm³/mol. The Bertz CT molecular complexity index is 1170. The lowest BCUT2D eigenvalue weighted by molar-refractivity contribution is -0.138. The van der Waals surface area contributed by atoms with E-state index in [0.717, 1.165) is 6.07 Å². The van der Waals surface area contributed by atoms with Crippen molar-refractivity contribution < 1.29 is 27.2 Å². The monoisotopic (exact) mass is 519 g/mol. The highest BCUT2D eigenvalue weighted by molar-refractivity contribution is 5.89. The van der Waals surface area contributed by atoms with Gasteiger partial charge in [-0.2, -0.15) is 18.7 Å². The number of hydrazine groups is 2. The van der Waals surface area contributed by atoms with E-state index in [1.807, 2.05) is 0 Å². The Morgan fingerprint density at radius 2 is 1.84 bits per heavy atom. The van der Waals surface area contributed by atoms with Gasteiger partial charge in [-0.1, -0.05) is 56.3 Å². The van der Waals surface area contributed by atoms with Gasteiger partial charge in [-0.05, 0) is 28.7 Å². The summed E-state index contributed by atoms with van der Waals surface area (Å²) in [5, 5.41) is 2.80. The summed E-state index contributed by atoms with van der Waals surface area (Å²) in [6.07, 6.45) is -4.70. The largest absolute Gasteiger partial charge is 0.416 e. The van der Waals surface area contributed by atoms with Gasteiger partial charge in [-0.25, -0.2) is 4.39 Å². The number of halogens is 4. The topological polar surface area (TPSA) is 85.5 Å². The van der Waals surface area contributed by atoms with Gasteiger partial charge < -0.3 is 21.1 Å². The molecule has 1 unspecified atom stereocenters. The SMILES string of the molecule is CC(C)c1ccc(C(NC(=O)[C@@H]2C[C@@H](F)CN2C(=O)CC2=CNNN2)c2ccccc2)cc1C(F)(F)F. The number of carbonyl (C=O) groups is 2. The first-order valence-corrected chi connectivity index (χ1v) is 12.0. The molecular weight excluding hydrogens is 490 g/mol. The van der Waals surface area contributed by atoms with Gasteiger partial charge in [0.25, 0.3) is 0 Å². The molecule has 4 N–H and O–H groups in total. The fraction of sp³-hybridized carbons (Fsp3) is 0.385. The third-order valence-electron chi connectivity index (χ3n) is 6.51. The Kier molecular flexibility index (Phi) is 7.72. The van der Waals surface area contributed by atoms with Gasteiger partial charge >= 0.3 is 6.18 Å². The number of alkyl halides is 4. The van der Waals surface area contributed by atoms with E-state index < -0.39 is 41.8 Å². The van der Waals surface area contributed by atoms with Crippen LogP contribution in [-0.2, 0) is 15.8 Å². The summed E-state index contributed by atoms with van der Waals surface area (Å²) < 4.78 is 56.2. The predicted octanol–water partition coefficient (Wildman–Crippen LogP) is 3.82. The second-order valence-corrected chi connectivity index (χ2v) is 9.49. The first-order valence-electron chi connectivity index (χ1n) is 12.0. The van der Waals surface area contributed by atoms with E-state index in [4.69, 9.17) is 0 Å². The van der Waals surface area contributed by atoms with Crippen molar-refractivity contribution in [2.45, 2.75) is 57.0 Å². The molecule has 2 amide bonds. The molecule has 1 fully saturated rings. The van der Waals surface area contributed by atoms with Gasteiger partial charge in [0.2, 0.25) is 11.8 Å². The van der Waals surface area contributed by atoms with Crippen LogP contribution in [-0.4, -0.2) is 35.5 Å². The molecule has 7 nitrogen and oxygen atoms in total. The molecule has 0 bridgehead atoms. The molecule has 2 aromatic rings. The second-order valence-electron chi connectivity index (χ2n) is 9.49. The molecular formula is C26H29F4N5O2. The lowest BCUT2D eigenvalue weighted by atomic mass is 9.90. The fourth-order valence-electron chi connectivity index (χ4n) is 4.69. The molecule has 3 atom stereocenters. The van der Waals surface area contributed by atoms with Gasteiger partial charge in [-0.3, -0.25) is 9.59 Å². The quantitative estimate of drug-likeness (QED) is 0.418. The van der Waals surface area contributed by atoms with Crippen molar-refractivity contribution in [1.29, 1.82) is 0 Å². The van der Waals surface area contributed by atoms with E-state index in [-0.39, 0.29) is 36.4 Å². The lowest BCUT2D eigenvalue weighted by Crippen LogP contribution is -2.47. The molecule has 2 aliphatic rings. The number of likely N-dealkylation sites (tertiary alicyclic amines) is 1. The van der Waals surface area contributed by atoms with Crippen molar-refractivity contribution >= 4 is 11.8 Å². The van der Waals surface area contributed by atoms with Crippen LogP contribution in [0.5, 0.6) is 0 Å². The van der Waals surface area contributed by atoms with Crippen LogP contribution in [0, 0.1) is 0 Å². The molecule has 2 heterocycles. The third-order valence-corrected chi connectivity index (χ3v) is 6.51. The zero-order valence-electron chi connectivity index (χ0n) is 20.4. The van der Waals surface area contributed by atoms with Crippen LogP contribution in [0.2, 0.25) is 0 Å². The Morgan fingerprint density at radius 1 is 1.11 bits per heavy atom. The van der Waals surface area contributed by atoms with E-state index in [1.165, 1.54) is 11.0 Å². The van der Waals surface area contributed by atoms with Gasteiger partial charge in [0.15, 0.2) is 0 Å². The summed E-state index contributed by atoms with van der Waals surface area (Å²) in [6.45, 7) is 3.13. The summed E-state index contributed by atoms with van der Waals surface area (Å²) in [5.41, 5.74) is 8.72. The zero-order chi connectivity index (χ0) is 26.7. The van der Waals surface area contributed by atoms with Crippen LogP contribution in [0.3, 0.4) is 0 Å². The number of carbonyl (C=O) groups excluding carboxylic acids is 2. The minimum atomic E-state index is -4.58. The number of rotatable bonds is 7. The third kappa shape index (κ3) is 6.04. The van der Waals surface area contributed by atoms with E-state index >= 15 is 0 Å². The van der Waals surface area contributed by atoms with Crippen molar-refractivity contribution in [2.24, 2.45) is 0 Å². The number of hydrogen-bond acceptors (Lipinski definition) is 5. The van der Waals surface area contributed by atoms with Crippen LogP contribution in [0.15, 0.2) is 60.4 Å². The number of amides is 2. The maximum atomic E-state index is 14.4. The Balaban J connectivity index is 1.64. The molecule has 0 spiro atoms. The maximum absolute atomic E-state index is 14.4. The molecule has 2 aliphatic heterocycles. The van der Waals surface area contributed by atoms with E-state index in [1.54, 1.807) is 56.4 Å². The molecule has 0 aliphatic carbocycles. The normalized spacial score (nSPS) is 20.3. The highest BCUT2D eigenvalue weighted by atomic mass is 19.4. The molecule has 0 radical (unpaired) electrons. The smallest absolute Gasteiger partial charge is 0.343 e. The average molecular weight is 520 g/mol. The van der Waals surface area contributed by atoms with E-state index in [2.05, 4.69) is 21.7 Å². The van der Waals surface area contributed by atoms with Crippen LogP contribution < -0.4 is 21.7 Å². The van der Waals surface area contributed by atoms with Crippen LogP contribution >= 0.6 is 0 Å². The molecule has 4 rings (SSSR count). The Hall–Kier alpha value is -3.60. The average Bonchev–Trinajstić information content (AvgIpc) is 3.51. The molecule has 11 heteroatoms. The Morgan fingerprint density at radius 3 is 2.46 bits per heavy atom. The van der Waals surface area contributed by atoms with Crippen molar-refractivity contribution in [3.63, 3.8) is 0 Å². The van der Waals surface area contributed by atoms with Crippen molar-refractivity contribution in [2.75, 3.05) is 6.54 Å². The Labute approximate surface area is 212 Å². The highest BCUT2D eigenvalue weighted by Crippen LogP contribution is 2.38. The number of hydrogen-bond donors (Lipinski definition) is 4. The van der Waals surface area contributed by atoms with Crippen molar-refractivity contribution in [3.05, 3.63) is 82.7 Å². The molecule has 37 heavy (non-hydrogen) atoms. The number of nitrogens with zero attached hydrogens (tertiary/aromatic N) is 1. The number of nitrogens with one attached hydrogen (secondary N) is 4. The van der Waals surface area contributed by atoms with E-state index in [0.29, 0.717) is 11.3 Å². The van der Waals surface area contributed by atoms with Crippen molar-refractivity contribution in [3.8, 4) is 0 Å². The maximum Gasteiger partial charge on any atom is 0.416 e. The fourth-order valence-corrected chi connectivity index (χ4v) is 4.69. The molecule has 2 aromatic carbocycles. The van der Waals surface area contributed by atoms with Gasteiger partial charge in [0.1, 0.15) is 12.2 Å². The minimum Gasteiger partial charge on any atom is -0.343 e. The summed E-state index contributed by atoms with van der Waals surface area (Å²) >= 11 is 0. The van der Waals surface area contributed by atoms with Crippen LogP contribution in [0.4, 0.5) is 17.6 Å². The standard InChI is InChI=1S/C26H29F4N5O2/c1-15(2)20-9-8-17(10-21(20)26(28,29)30)24(16-6-4-3-5-7-16)32-25(37)22-11-18(27)14-35(22)23(36)12-19-13-31-34-33-19/h3-10,13,15,18,22,24,31,33-34H,11-12,14H2,1-2H3,(H,32,37)/t18-,22+,24?/m1/s1. The first-order chi connectivity index (χ1) is 17.5. The van der Waals surface area contributed by atoms with Gasteiger partial charge in [-0.15, -0.1) is 0 Å². The van der Waals surface area contributed by atoms with Gasteiger partial charge in [0, 0.05) is 12.6 Å². The summed E-state index contributed by atoms with van der Waals surface area (Å²) in [6, 6.07) is 10.6. The highest BCUT2D eigenvalue weighted by Gasteiger charge is 2.41. The first kappa shape index (κ1) is 26.5. The molecule has 0 saturated carbocycles. The summed E-state index contributed by atoms with van der Waals surface area (Å²) in [5.74, 6) is -1.43. The summed E-state index contributed by atoms with van der Waals surface area (Å²) in [7, 11) is 0. The lowest BCUT2D eigenvalue weighted by Gasteiger charge is -2.28. The van der Waals surface area contributed by atoms with Crippen molar-refractivity contribution in [1.82, 2.24) is 26.6 Å². The van der Waals surface area contributed by atoms with Gasteiger partial charge in [0.05, 0.1) is 30.3 Å². The van der Waals surface area contributed by atoms with E-state index in [9.17, 15) is 27.2 Å².